The Balaban J connectivity index is 1.93. The van der Waals surface area contributed by atoms with Gasteiger partial charge >= 0.3 is 0 Å². The average Bonchev–Trinajstić information content (AvgIpc) is 2.66. The second kappa shape index (κ2) is 9.78. The Kier molecular flexibility index (Phi) is 7.43. The normalized spacial score (nSPS) is 10.6. The molecule has 1 N–H and O–H groups in total. The van der Waals surface area contributed by atoms with Crippen molar-refractivity contribution < 1.29 is 23.4 Å². The van der Waals surface area contributed by atoms with Crippen LogP contribution in [0.1, 0.15) is 5.56 Å². The minimum absolute atomic E-state index is 0.161. The topological polar surface area (TPSA) is 60.0 Å². The number of nitrogens with zero attached hydrogens (tertiary/aromatic N) is 1. The molecule has 0 fully saturated rings. The van der Waals surface area contributed by atoms with Crippen molar-refractivity contribution in [2.24, 2.45) is 0 Å². The molecule has 0 unspecified atom stereocenters. The van der Waals surface area contributed by atoms with Crippen LogP contribution in [0.2, 0.25) is 0 Å². The third kappa shape index (κ3) is 5.86. The fourth-order valence-corrected chi connectivity index (χ4v) is 2.65. The standard InChI is InChI=1S/C20H25FN2O4/c1-23(10-9-14-5-7-15(21)8-6-14)13-19(24)22-16-11-17(25-2)20(27-4)18(12-16)26-3/h5-8,11-12H,9-10,13H2,1-4H3,(H,22,24). The van der Waals surface area contributed by atoms with Crippen molar-refractivity contribution in [1.82, 2.24) is 4.90 Å². The van der Waals surface area contributed by atoms with Crippen LogP contribution < -0.4 is 19.5 Å². The lowest BCUT2D eigenvalue weighted by Gasteiger charge is -2.18. The lowest BCUT2D eigenvalue weighted by atomic mass is 10.1. The summed E-state index contributed by atoms with van der Waals surface area (Å²) in [4.78, 5) is 14.2. The first kappa shape index (κ1) is 20.5. The molecule has 0 saturated heterocycles. The number of halogens is 1. The highest BCUT2D eigenvalue weighted by molar-refractivity contribution is 5.93. The van der Waals surface area contributed by atoms with Crippen LogP contribution >= 0.6 is 0 Å². The van der Waals surface area contributed by atoms with E-state index in [0.717, 1.165) is 12.0 Å². The van der Waals surface area contributed by atoms with Gasteiger partial charge in [0.1, 0.15) is 5.82 Å². The Morgan fingerprint density at radius 1 is 1.04 bits per heavy atom. The molecule has 0 bridgehead atoms. The summed E-state index contributed by atoms with van der Waals surface area (Å²) >= 11 is 0. The van der Waals surface area contributed by atoms with Crippen LogP contribution in [0.5, 0.6) is 17.2 Å². The first-order valence-corrected chi connectivity index (χ1v) is 8.49. The molecule has 0 aromatic heterocycles. The van der Waals surface area contributed by atoms with E-state index in [-0.39, 0.29) is 18.3 Å². The average molecular weight is 376 g/mol. The van der Waals surface area contributed by atoms with Gasteiger partial charge in [0, 0.05) is 24.4 Å². The number of anilines is 1. The quantitative estimate of drug-likeness (QED) is 0.729. The van der Waals surface area contributed by atoms with Gasteiger partial charge in [-0.25, -0.2) is 4.39 Å². The van der Waals surface area contributed by atoms with Gasteiger partial charge in [-0.3, -0.25) is 9.69 Å². The number of ether oxygens (including phenoxy) is 3. The molecule has 1 amide bonds. The number of carbonyl (C=O) groups excluding carboxylic acids is 1. The molecule has 2 aromatic carbocycles. The maximum Gasteiger partial charge on any atom is 0.238 e. The predicted octanol–water partition coefficient (Wildman–Crippen LogP) is 2.96. The molecule has 7 heteroatoms. The number of hydrogen-bond donors (Lipinski definition) is 1. The zero-order valence-corrected chi connectivity index (χ0v) is 16.0. The number of benzene rings is 2. The Bertz CT molecular complexity index is 740. The Hall–Kier alpha value is -2.80. The van der Waals surface area contributed by atoms with Gasteiger partial charge in [0.05, 0.1) is 27.9 Å². The van der Waals surface area contributed by atoms with Crippen molar-refractivity contribution in [3.63, 3.8) is 0 Å². The second-order valence-corrected chi connectivity index (χ2v) is 6.08. The number of carbonyl (C=O) groups is 1. The van der Waals surface area contributed by atoms with E-state index in [4.69, 9.17) is 14.2 Å². The van der Waals surface area contributed by atoms with Crippen molar-refractivity contribution in [3.05, 3.63) is 47.8 Å². The summed E-state index contributed by atoms with van der Waals surface area (Å²) in [5, 5.41) is 2.83. The highest BCUT2D eigenvalue weighted by Gasteiger charge is 2.15. The van der Waals surface area contributed by atoms with Crippen molar-refractivity contribution in [2.75, 3.05) is 46.8 Å². The molecule has 146 valence electrons. The molecular weight excluding hydrogens is 351 g/mol. The van der Waals surface area contributed by atoms with Crippen molar-refractivity contribution >= 4 is 11.6 Å². The summed E-state index contributed by atoms with van der Waals surface area (Å²) in [7, 11) is 6.42. The van der Waals surface area contributed by atoms with Crippen LogP contribution in [0.25, 0.3) is 0 Å². The van der Waals surface area contributed by atoms with Crippen molar-refractivity contribution in [2.45, 2.75) is 6.42 Å². The minimum atomic E-state index is -0.253. The number of rotatable bonds is 9. The van der Waals surface area contributed by atoms with Gasteiger partial charge in [-0.15, -0.1) is 0 Å². The van der Waals surface area contributed by atoms with E-state index in [0.29, 0.717) is 29.5 Å². The van der Waals surface area contributed by atoms with E-state index in [2.05, 4.69) is 5.32 Å². The van der Waals surface area contributed by atoms with Gasteiger partial charge < -0.3 is 19.5 Å². The number of methoxy groups -OCH3 is 3. The summed E-state index contributed by atoms with van der Waals surface area (Å²) in [5.41, 5.74) is 1.58. The maximum absolute atomic E-state index is 12.9. The van der Waals surface area contributed by atoms with E-state index >= 15 is 0 Å². The highest BCUT2D eigenvalue weighted by Crippen LogP contribution is 2.39. The van der Waals surface area contributed by atoms with Crippen LogP contribution in [0.15, 0.2) is 36.4 Å². The van der Waals surface area contributed by atoms with Gasteiger partial charge in [-0.1, -0.05) is 12.1 Å². The SMILES string of the molecule is COc1cc(NC(=O)CN(C)CCc2ccc(F)cc2)cc(OC)c1OC. The lowest BCUT2D eigenvalue weighted by Crippen LogP contribution is -2.31. The number of hydrogen-bond acceptors (Lipinski definition) is 5. The van der Waals surface area contributed by atoms with E-state index in [9.17, 15) is 9.18 Å². The van der Waals surface area contributed by atoms with Gasteiger partial charge in [-0.2, -0.15) is 0 Å². The molecule has 0 heterocycles. The largest absolute Gasteiger partial charge is 0.493 e. The second-order valence-electron chi connectivity index (χ2n) is 6.08. The third-order valence-corrected chi connectivity index (χ3v) is 4.06. The predicted molar refractivity (Wildman–Crippen MR) is 102 cm³/mol. The molecule has 27 heavy (non-hydrogen) atoms. The Labute approximate surface area is 158 Å². The van der Waals surface area contributed by atoms with Crippen LogP contribution in [0.4, 0.5) is 10.1 Å². The lowest BCUT2D eigenvalue weighted by molar-refractivity contribution is -0.117. The highest BCUT2D eigenvalue weighted by atomic mass is 19.1. The zero-order valence-electron chi connectivity index (χ0n) is 16.0. The molecule has 0 radical (unpaired) electrons. The molecule has 6 nitrogen and oxygen atoms in total. The molecule has 2 rings (SSSR count). The fourth-order valence-electron chi connectivity index (χ4n) is 2.65. The van der Waals surface area contributed by atoms with E-state index in [1.165, 1.54) is 33.5 Å². The molecular formula is C20H25FN2O4. The molecule has 2 aromatic rings. The molecule has 0 aliphatic rings. The minimum Gasteiger partial charge on any atom is -0.493 e. The van der Waals surface area contributed by atoms with Gasteiger partial charge in [0.2, 0.25) is 11.7 Å². The van der Waals surface area contributed by atoms with Crippen molar-refractivity contribution in [1.29, 1.82) is 0 Å². The van der Waals surface area contributed by atoms with E-state index < -0.39 is 0 Å². The van der Waals surface area contributed by atoms with Crippen LogP contribution in [-0.2, 0) is 11.2 Å². The molecule has 0 aliphatic heterocycles. The van der Waals surface area contributed by atoms with E-state index in [1.807, 2.05) is 11.9 Å². The van der Waals surface area contributed by atoms with Gasteiger partial charge in [-0.05, 0) is 31.2 Å². The van der Waals surface area contributed by atoms with Crippen molar-refractivity contribution in [3.8, 4) is 17.2 Å². The maximum atomic E-state index is 12.9. The number of nitrogens with one attached hydrogen (secondary N) is 1. The molecule has 0 spiro atoms. The summed E-state index contributed by atoms with van der Waals surface area (Å²) in [6, 6.07) is 9.73. The molecule has 0 saturated carbocycles. The number of likely N-dealkylation sites (N-methyl/N-ethyl adjacent to an activating group) is 1. The van der Waals surface area contributed by atoms with Crippen LogP contribution in [0.3, 0.4) is 0 Å². The first-order valence-electron chi connectivity index (χ1n) is 8.49. The monoisotopic (exact) mass is 376 g/mol. The summed E-state index contributed by atoms with van der Waals surface area (Å²) in [6.07, 6.45) is 0.730. The Morgan fingerprint density at radius 2 is 1.63 bits per heavy atom. The third-order valence-electron chi connectivity index (χ3n) is 4.06. The summed E-state index contributed by atoms with van der Waals surface area (Å²) in [6.45, 7) is 0.895. The zero-order chi connectivity index (χ0) is 19.8. The van der Waals surface area contributed by atoms with E-state index in [1.54, 1.807) is 24.3 Å². The van der Waals surface area contributed by atoms with Crippen LogP contribution in [0, 0.1) is 5.82 Å². The van der Waals surface area contributed by atoms with Gasteiger partial charge in [0.15, 0.2) is 11.5 Å². The van der Waals surface area contributed by atoms with Crippen LogP contribution in [-0.4, -0.2) is 52.3 Å². The fraction of sp³-hybridized carbons (Fsp3) is 0.350. The smallest absolute Gasteiger partial charge is 0.238 e. The number of amides is 1. The Morgan fingerprint density at radius 3 is 2.15 bits per heavy atom. The molecule has 0 atom stereocenters. The first-order chi connectivity index (χ1) is 13.0. The molecule has 0 aliphatic carbocycles. The summed E-state index contributed by atoms with van der Waals surface area (Å²) < 4.78 is 28.8. The van der Waals surface area contributed by atoms with Gasteiger partial charge in [0.25, 0.3) is 0 Å². The summed E-state index contributed by atoms with van der Waals surface area (Å²) in [5.74, 6) is 0.991.